The average Bonchev–Trinajstić information content (AvgIpc) is 2.49. The molecule has 1 unspecified atom stereocenters. The summed E-state index contributed by atoms with van der Waals surface area (Å²) in [5.41, 5.74) is 1.33. The first-order chi connectivity index (χ1) is 9.98. The third-order valence-corrected chi connectivity index (χ3v) is 3.90. The Kier molecular flexibility index (Phi) is 3.22. The van der Waals surface area contributed by atoms with Gasteiger partial charge in [-0.25, -0.2) is 4.39 Å². The van der Waals surface area contributed by atoms with Crippen molar-refractivity contribution in [3.63, 3.8) is 0 Å². The first-order valence-electron chi connectivity index (χ1n) is 6.83. The Morgan fingerprint density at radius 1 is 1.05 bits per heavy atom. The lowest BCUT2D eigenvalue weighted by Gasteiger charge is -2.25. The van der Waals surface area contributed by atoms with E-state index in [4.69, 9.17) is 0 Å². The van der Waals surface area contributed by atoms with Gasteiger partial charge in [-0.1, -0.05) is 30.3 Å². The van der Waals surface area contributed by atoms with Crippen molar-refractivity contribution < 1.29 is 9.50 Å². The van der Waals surface area contributed by atoms with E-state index in [2.05, 4.69) is 4.98 Å². The standard InChI is InChI=1S/C18H16FNO/c1-12-5-7-14(10-16(12)19)18(2,21)15-8-6-13-4-3-9-20-17(13)11-15/h3-11,21H,1-2H3. The van der Waals surface area contributed by atoms with Crippen LogP contribution in [0, 0.1) is 12.7 Å². The fraction of sp³-hybridized carbons (Fsp3) is 0.167. The first-order valence-corrected chi connectivity index (χ1v) is 6.83. The molecule has 1 heterocycles. The molecule has 0 saturated heterocycles. The lowest BCUT2D eigenvalue weighted by molar-refractivity contribution is 0.102. The van der Waals surface area contributed by atoms with Gasteiger partial charge in [-0.15, -0.1) is 0 Å². The van der Waals surface area contributed by atoms with E-state index in [1.54, 1.807) is 32.2 Å². The number of hydrogen-bond acceptors (Lipinski definition) is 2. The summed E-state index contributed by atoms with van der Waals surface area (Å²) in [5.74, 6) is -0.313. The van der Waals surface area contributed by atoms with Crippen molar-refractivity contribution in [1.82, 2.24) is 4.98 Å². The Morgan fingerprint density at radius 3 is 2.52 bits per heavy atom. The molecule has 0 saturated carbocycles. The van der Waals surface area contributed by atoms with Gasteiger partial charge in [-0.3, -0.25) is 4.98 Å². The predicted molar refractivity (Wildman–Crippen MR) is 81.6 cm³/mol. The van der Waals surface area contributed by atoms with Crippen molar-refractivity contribution in [3.05, 3.63) is 77.2 Å². The SMILES string of the molecule is Cc1ccc(C(C)(O)c2ccc3cccnc3c2)cc1F. The van der Waals surface area contributed by atoms with Gasteiger partial charge in [0.2, 0.25) is 0 Å². The molecule has 0 aliphatic heterocycles. The van der Waals surface area contributed by atoms with E-state index in [1.165, 1.54) is 6.07 Å². The van der Waals surface area contributed by atoms with E-state index < -0.39 is 5.60 Å². The van der Waals surface area contributed by atoms with Gasteiger partial charge in [0.05, 0.1) is 5.52 Å². The van der Waals surface area contributed by atoms with Crippen LogP contribution >= 0.6 is 0 Å². The molecular formula is C18H16FNO. The van der Waals surface area contributed by atoms with Crippen molar-refractivity contribution in [1.29, 1.82) is 0 Å². The van der Waals surface area contributed by atoms with Gasteiger partial charge in [0.15, 0.2) is 0 Å². The second-order valence-electron chi connectivity index (χ2n) is 5.45. The van der Waals surface area contributed by atoms with Gasteiger partial charge >= 0.3 is 0 Å². The molecule has 21 heavy (non-hydrogen) atoms. The number of aromatic nitrogens is 1. The molecule has 106 valence electrons. The number of aliphatic hydroxyl groups is 1. The van der Waals surface area contributed by atoms with Gasteiger partial charge in [0.25, 0.3) is 0 Å². The molecule has 0 aliphatic carbocycles. The molecule has 2 aromatic carbocycles. The van der Waals surface area contributed by atoms with Crippen molar-refractivity contribution >= 4 is 10.9 Å². The van der Waals surface area contributed by atoms with Crippen LogP contribution in [0.2, 0.25) is 0 Å². The molecule has 3 rings (SSSR count). The van der Waals surface area contributed by atoms with Crippen LogP contribution in [0.1, 0.15) is 23.6 Å². The smallest absolute Gasteiger partial charge is 0.126 e. The Labute approximate surface area is 122 Å². The third kappa shape index (κ3) is 2.41. The van der Waals surface area contributed by atoms with Gasteiger partial charge in [0.1, 0.15) is 11.4 Å². The Hall–Kier alpha value is -2.26. The molecule has 0 spiro atoms. The number of aryl methyl sites for hydroxylation is 1. The molecule has 0 radical (unpaired) electrons. The van der Waals surface area contributed by atoms with Crippen LogP contribution in [0.4, 0.5) is 4.39 Å². The molecule has 0 aliphatic rings. The summed E-state index contributed by atoms with van der Waals surface area (Å²) in [7, 11) is 0. The van der Waals surface area contributed by atoms with Crippen LogP contribution in [-0.4, -0.2) is 10.1 Å². The summed E-state index contributed by atoms with van der Waals surface area (Å²) in [5, 5.41) is 11.8. The van der Waals surface area contributed by atoms with Crippen molar-refractivity contribution in [2.24, 2.45) is 0 Å². The lowest BCUT2D eigenvalue weighted by Crippen LogP contribution is -2.23. The molecular weight excluding hydrogens is 265 g/mol. The van der Waals surface area contributed by atoms with E-state index in [-0.39, 0.29) is 5.82 Å². The molecule has 3 aromatic rings. The fourth-order valence-corrected chi connectivity index (χ4v) is 2.43. The lowest BCUT2D eigenvalue weighted by atomic mass is 9.87. The highest BCUT2D eigenvalue weighted by molar-refractivity contribution is 5.79. The Morgan fingerprint density at radius 2 is 1.76 bits per heavy atom. The minimum Gasteiger partial charge on any atom is -0.381 e. The molecule has 1 atom stereocenters. The summed E-state index contributed by atoms with van der Waals surface area (Å²) < 4.78 is 13.8. The normalized spacial score (nSPS) is 14.1. The molecule has 2 nitrogen and oxygen atoms in total. The summed E-state index contributed by atoms with van der Waals surface area (Å²) in [6.07, 6.45) is 1.71. The fourth-order valence-electron chi connectivity index (χ4n) is 2.43. The number of halogens is 1. The van der Waals surface area contributed by atoms with Crippen LogP contribution < -0.4 is 0 Å². The maximum Gasteiger partial charge on any atom is 0.126 e. The third-order valence-electron chi connectivity index (χ3n) is 3.90. The van der Waals surface area contributed by atoms with Crippen LogP contribution in [-0.2, 0) is 5.60 Å². The summed E-state index contributed by atoms with van der Waals surface area (Å²) >= 11 is 0. The molecule has 0 fully saturated rings. The van der Waals surface area contributed by atoms with Gasteiger partial charge in [0, 0.05) is 11.6 Å². The topological polar surface area (TPSA) is 33.1 Å². The Balaban J connectivity index is 2.12. The van der Waals surface area contributed by atoms with Crippen LogP contribution in [0.25, 0.3) is 10.9 Å². The van der Waals surface area contributed by atoms with Gasteiger partial charge in [-0.2, -0.15) is 0 Å². The van der Waals surface area contributed by atoms with Crippen molar-refractivity contribution in [3.8, 4) is 0 Å². The van der Waals surface area contributed by atoms with Crippen LogP contribution in [0.15, 0.2) is 54.7 Å². The maximum atomic E-state index is 13.8. The van der Waals surface area contributed by atoms with E-state index in [9.17, 15) is 9.50 Å². The zero-order valence-corrected chi connectivity index (χ0v) is 12.0. The minimum absolute atomic E-state index is 0.313. The monoisotopic (exact) mass is 281 g/mol. The Bertz CT molecular complexity index is 811. The number of rotatable bonds is 2. The highest BCUT2D eigenvalue weighted by Gasteiger charge is 2.26. The number of nitrogens with zero attached hydrogens (tertiary/aromatic N) is 1. The molecule has 1 N–H and O–H groups in total. The number of hydrogen-bond donors (Lipinski definition) is 1. The minimum atomic E-state index is -1.26. The molecule has 3 heteroatoms. The van der Waals surface area contributed by atoms with E-state index in [1.807, 2.05) is 30.3 Å². The second kappa shape index (κ2) is 4.93. The average molecular weight is 281 g/mol. The second-order valence-corrected chi connectivity index (χ2v) is 5.45. The predicted octanol–water partition coefficient (Wildman–Crippen LogP) is 3.94. The first kappa shape index (κ1) is 13.7. The molecule has 0 amide bonds. The maximum absolute atomic E-state index is 13.8. The highest BCUT2D eigenvalue weighted by Crippen LogP contribution is 2.31. The zero-order chi connectivity index (χ0) is 15.0. The summed E-state index contributed by atoms with van der Waals surface area (Å²) in [4.78, 5) is 4.30. The van der Waals surface area contributed by atoms with E-state index in [0.717, 1.165) is 10.9 Å². The quantitative estimate of drug-likeness (QED) is 0.772. The molecule has 0 bridgehead atoms. The van der Waals surface area contributed by atoms with Crippen LogP contribution in [0.5, 0.6) is 0 Å². The summed E-state index contributed by atoms with van der Waals surface area (Å²) in [6, 6.07) is 14.3. The number of fused-ring (bicyclic) bond motifs is 1. The van der Waals surface area contributed by atoms with Gasteiger partial charge < -0.3 is 5.11 Å². The van der Waals surface area contributed by atoms with Crippen molar-refractivity contribution in [2.75, 3.05) is 0 Å². The van der Waals surface area contributed by atoms with E-state index in [0.29, 0.717) is 16.7 Å². The zero-order valence-electron chi connectivity index (χ0n) is 12.0. The largest absolute Gasteiger partial charge is 0.381 e. The highest BCUT2D eigenvalue weighted by atomic mass is 19.1. The van der Waals surface area contributed by atoms with Gasteiger partial charge in [-0.05, 0) is 48.7 Å². The van der Waals surface area contributed by atoms with Crippen LogP contribution in [0.3, 0.4) is 0 Å². The van der Waals surface area contributed by atoms with Crippen molar-refractivity contribution in [2.45, 2.75) is 19.4 Å². The number of pyridine rings is 1. The molecule has 1 aromatic heterocycles. The number of benzene rings is 2. The summed E-state index contributed by atoms with van der Waals surface area (Å²) in [6.45, 7) is 3.37. The van der Waals surface area contributed by atoms with E-state index >= 15 is 0 Å².